The van der Waals surface area contributed by atoms with Gasteiger partial charge in [0, 0.05) is 61.4 Å². The maximum Gasteiger partial charge on any atom is 0.235 e. The van der Waals surface area contributed by atoms with Gasteiger partial charge in [0.1, 0.15) is 37.8 Å². The average Bonchev–Trinajstić information content (AvgIpc) is 3.99. The van der Waals surface area contributed by atoms with Crippen LogP contribution in [0.2, 0.25) is 0 Å². The van der Waals surface area contributed by atoms with E-state index in [1.165, 1.54) is 0 Å². The van der Waals surface area contributed by atoms with Gasteiger partial charge in [0.05, 0.1) is 22.7 Å². The van der Waals surface area contributed by atoms with Gasteiger partial charge in [-0.25, -0.2) is 15.0 Å². The van der Waals surface area contributed by atoms with Crippen molar-refractivity contribution in [3.63, 3.8) is 0 Å². The largest absolute Gasteiger partial charge is 0.456 e. The fraction of sp³-hybridized carbons (Fsp3) is 0. The number of nitrogens with zero attached hydrogens (tertiary/aromatic N) is 5. The SMILES string of the molecule is c1ccc2c(N(c3ccc4c(c3)oc3ccccc34)c3ccc4c(n3)sc3nc(N(c5ccc6c(c5)oc5ccccc56)c5cccc6ccccc56)ncc34)cccc2c1. The van der Waals surface area contributed by atoms with Crippen molar-refractivity contribution < 1.29 is 8.83 Å². The number of fused-ring (bicyclic) bond motifs is 11. The predicted molar refractivity (Wildman–Crippen MR) is 252 cm³/mol. The fourth-order valence-electron chi connectivity index (χ4n) is 8.93. The molecule has 0 saturated heterocycles. The zero-order chi connectivity index (χ0) is 40.0. The Kier molecular flexibility index (Phi) is 7.34. The standard InChI is InChI=1S/C53H31N5O2S/c1-3-15-36-32(11-1)13-9-19-44(36)57(34-23-25-40-38-17-5-7-21-46(38)59-48(40)29-34)50-28-27-42-43-31-54-53(56-52(43)61-51(42)55-50)58(45-20-10-14-33-12-2-4-16-37(33)45)35-24-26-41-39-18-6-8-22-47(39)60-49(41)30-35/h1-31H. The summed E-state index contributed by atoms with van der Waals surface area (Å²) in [7, 11) is 0. The summed E-state index contributed by atoms with van der Waals surface area (Å²) in [5.74, 6) is 1.35. The van der Waals surface area contributed by atoms with Gasteiger partial charge in [-0.1, -0.05) is 121 Å². The predicted octanol–water partition coefficient (Wildman–Crippen LogP) is 15.3. The lowest BCUT2D eigenvalue weighted by Crippen LogP contribution is -2.13. The third-order valence-corrected chi connectivity index (χ3v) is 12.8. The number of thiophene rings is 1. The highest BCUT2D eigenvalue weighted by atomic mass is 32.1. The van der Waals surface area contributed by atoms with Crippen molar-refractivity contribution in [3.8, 4) is 0 Å². The number of anilines is 6. The van der Waals surface area contributed by atoms with Crippen molar-refractivity contribution in [2.24, 2.45) is 0 Å². The molecule has 0 unspecified atom stereocenters. The van der Waals surface area contributed by atoms with Gasteiger partial charge in [0.2, 0.25) is 5.95 Å². The zero-order valence-corrected chi connectivity index (χ0v) is 33.2. The minimum absolute atomic E-state index is 0.558. The van der Waals surface area contributed by atoms with Gasteiger partial charge in [0.15, 0.2) is 0 Å². The van der Waals surface area contributed by atoms with Crippen molar-refractivity contribution in [2.45, 2.75) is 0 Å². The number of hydrogen-bond donors (Lipinski definition) is 0. The molecule has 0 bridgehead atoms. The number of hydrogen-bond acceptors (Lipinski definition) is 8. The van der Waals surface area contributed by atoms with E-state index in [1.807, 2.05) is 42.6 Å². The van der Waals surface area contributed by atoms with Crippen LogP contribution in [0.5, 0.6) is 0 Å². The summed E-state index contributed by atoms with van der Waals surface area (Å²) in [6.45, 7) is 0. The second-order valence-electron chi connectivity index (χ2n) is 15.2. The first-order chi connectivity index (χ1) is 30.2. The van der Waals surface area contributed by atoms with Gasteiger partial charge in [-0.3, -0.25) is 9.80 Å². The number of para-hydroxylation sites is 2. The third kappa shape index (κ3) is 5.32. The lowest BCUT2D eigenvalue weighted by molar-refractivity contribution is 0.668. The first kappa shape index (κ1) is 33.9. The summed E-state index contributed by atoms with van der Waals surface area (Å²) < 4.78 is 12.8. The molecule has 7 nitrogen and oxygen atoms in total. The van der Waals surface area contributed by atoms with Crippen LogP contribution in [0.15, 0.2) is 197 Å². The molecule has 5 heterocycles. The van der Waals surface area contributed by atoms with E-state index in [4.69, 9.17) is 23.8 Å². The number of rotatable bonds is 6. The van der Waals surface area contributed by atoms with Gasteiger partial charge in [0.25, 0.3) is 0 Å². The highest BCUT2D eigenvalue weighted by Crippen LogP contribution is 2.44. The maximum atomic E-state index is 6.40. The topological polar surface area (TPSA) is 71.4 Å². The lowest BCUT2D eigenvalue weighted by atomic mass is 10.1. The molecular formula is C53H31N5O2S. The molecule has 5 aromatic heterocycles. The molecule has 13 rings (SSSR count). The van der Waals surface area contributed by atoms with Crippen LogP contribution in [0.1, 0.15) is 0 Å². The molecule has 61 heavy (non-hydrogen) atoms. The molecule has 0 aliphatic heterocycles. The van der Waals surface area contributed by atoms with Crippen LogP contribution in [0.25, 0.3) is 85.9 Å². The molecule has 0 aliphatic carbocycles. The Morgan fingerprint density at radius 2 is 0.869 bits per heavy atom. The summed E-state index contributed by atoms with van der Waals surface area (Å²) in [5, 5.41) is 10.8. The van der Waals surface area contributed by atoms with E-state index in [9.17, 15) is 0 Å². The van der Waals surface area contributed by atoms with Crippen LogP contribution in [-0.4, -0.2) is 15.0 Å². The first-order valence-electron chi connectivity index (χ1n) is 20.2. The highest BCUT2D eigenvalue weighted by molar-refractivity contribution is 7.25. The van der Waals surface area contributed by atoms with Gasteiger partial charge >= 0.3 is 0 Å². The van der Waals surface area contributed by atoms with E-state index in [-0.39, 0.29) is 0 Å². The quantitative estimate of drug-likeness (QED) is 0.166. The number of pyridine rings is 1. The summed E-state index contributed by atoms with van der Waals surface area (Å²) in [4.78, 5) is 21.9. The van der Waals surface area contributed by atoms with E-state index in [0.717, 1.165) is 114 Å². The van der Waals surface area contributed by atoms with Crippen molar-refractivity contribution in [3.05, 3.63) is 188 Å². The minimum atomic E-state index is 0.558. The Bertz CT molecular complexity index is 3620. The monoisotopic (exact) mass is 801 g/mol. The normalized spacial score (nSPS) is 11.9. The molecule has 286 valence electrons. The van der Waals surface area contributed by atoms with Gasteiger partial charge < -0.3 is 8.83 Å². The summed E-state index contributed by atoms with van der Waals surface area (Å²) >= 11 is 1.57. The number of furan rings is 2. The molecule has 0 saturated carbocycles. The molecular weight excluding hydrogens is 771 g/mol. The maximum absolute atomic E-state index is 6.40. The lowest BCUT2D eigenvalue weighted by Gasteiger charge is -2.25. The van der Waals surface area contributed by atoms with Crippen molar-refractivity contribution in [1.29, 1.82) is 0 Å². The van der Waals surface area contributed by atoms with Crippen molar-refractivity contribution >= 4 is 132 Å². The van der Waals surface area contributed by atoms with E-state index in [1.54, 1.807) is 11.3 Å². The Morgan fingerprint density at radius 1 is 0.377 bits per heavy atom. The number of aromatic nitrogens is 3. The molecule has 13 aromatic rings. The van der Waals surface area contributed by atoms with Crippen molar-refractivity contribution in [1.82, 2.24) is 15.0 Å². The van der Waals surface area contributed by atoms with E-state index >= 15 is 0 Å². The fourth-order valence-corrected chi connectivity index (χ4v) is 9.94. The van der Waals surface area contributed by atoms with E-state index in [0.29, 0.717) is 5.95 Å². The van der Waals surface area contributed by atoms with Crippen LogP contribution in [-0.2, 0) is 0 Å². The Morgan fingerprint density at radius 3 is 1.51 bits per heavy atom. The number of benzene rings is 8. The molecule has 0 N–H and O–H groups in total. The second-order valence-corrected chi connectivity index (χ2v) is 16.2. The van der Waals surface area contributed by atoms with Gasteiger partial charge in [-0.05, 0) is 71.4 Å². The molecule has 8 aromatic carbocycles. The van der Waals surface area contributed by atoms with E-state index < -0.39 is 0 Å². The molecule has 0 radical (unpaired) electrons. The summed E-state index contributed by atoms with van der Waals surface area (Å²) in [6, 6.07) is 63.0. The molecule has 0 aliphatic rings. The third-order valence-electron chi connectivity index (χ3n) is 11.8. The molecule has 8 heteroatoms. The smallest absolute Gasteiger partial charge is 0.235 e. The minimum Gasteiger partial charge on any atom is -0.456 e. The summed E-state index contributed by atoms with van der Waals surface area (Å²) in [5.41, 5.74) is 7.20. The van der Waals surface area contributed by atoms with Crippen LogP contribution in [0.3, 0.4) is 0 Å². The Hall–Kier alpha value is -8.07. The summed E-state index contributed by atoms with van der Waals surface area (Å²) in [6.07, 6.45) is 1.94. The second kappa shape index (κ2) is 13.2. The van der Waals surface area contributed by atoms with Crippen LogP contribution in [0, 0.1) is 0 Å². The van der Waals surface area contributed by atoms with E-state index in [2.05, 4.69) is 155 Å². The average molecular weight is 802 g/mol. The van der Waals surface area contributed by atoms with Crippen LogP contribution < -0.4 is 9.80 Å². The van der Waals surface area contributed by atoms with Gasteiger partial charge in [-0.2, -0.15) is 0 Å². The molecule has 0 spiro atoms. The van der Waals surface area contributed by atoms with Gasteiger partial charge in [-0.15, -0.1) is 0 Å². The first-order valence-corrected chi connectivity index (χ1v) is 21.0. The Balaban J connectivity index is 0.981. The molecule has 0 amide bonds. The Labute approximate surface area is 352 Å². The molecule has 0 atom stereocenters. The zero-order valence-electron chi connectivity index (χ0n) is 32.4. The van der Waals surface area contributed by atoms with Crippen LogP contribution in [0.4, 0.5) is 34.5 Å². The van der Waals surface area contributed by atoms with Crippen molar-refractivity contribution in [2.75, 3.05) is 9.80 Å². The van der Waals surface area contributed by atoms with Crippen LogP contribution >= 0.6 is 11.3 Å². The highest BCUT2D eigenvalue weighted by Gasteiger charge is 2.23. The molecule has 0 fully saturated rings.